The smallest absolute Gasteiger partial charge is 0.261 e. The zero-order valence-electron chi connectivity index (χ0n) is 31.3. The number of imide groups is 1. The molecule has 13 nitrogen and oxygen atoms in total. The Kier molecular flexibility index (Phi) is 12.9. The molecular formula is C42H52N8O5. The summed E-state index contributed by atoms with van der Waals surface area (Å²) >= 11 is 0. The molecular weight excluding hydrogens is 697 g/mol. The molecule has 0 bridgehead atoms. The Bertz CT molecular complexity index is 1780. The van der Waals surface area contributed by atoms with Crippen LogP contribution in [0.15, 0.2) is 89.9 Å². The Balaban J connectivity index is 1.04. The van der Waals surface area contributed by atoms with E-state index in [9.17, 15) is 24.0 Å². The molecule has 0 aromatic heterocycles. The molecule has 2 fully saturated rings. The van der Waals surface area contributed by atoms with Crippen LogP contribution in [0.3, 0.4) is 0 Å². The predicted octanol–water partition coefficient (Wildman–Crippen LogP) is 3.21. The topological polar surface area (TPSA) is 184 Å². The lowest BCUT2D eigenvalue weighted by molar-refractivity contribution is -0.137. The van der Waals surface area contributed by atoms with E-state index in [1.165, 1.54) is 11.1 Å². The van der Waals surface area contributed by atoms with Crippen molar-refractivity contribution < 1.29 is 24.0 Å². The molecule has 1 saturated carbocycles. The van der Waals surface area contributed by atoms with Gasteiger partial charge < -0.3 is 27.0 Å². The minimum atomic E-state index is -0.895. The van der Waals surface area contributed by atoms with Crippen molar-refractivity contribution in [3.05, 3.63) is 107 Å². The number of carbonyl (C=O) groups is 5. The van der Waals surface area contributed by atoms with Crippen molar-refractivity contribution >= 4 is 35.5 Å². The number of hydrogen-bond acceptors (Lipinski definition) is 7. The third-order valence-corrected chi connectivity index (χ3v) is 11.1. The highest BCUT2D eigenvalue weighted by Crippen LogP contribution is 2.44. The highest BCUT2D eigenvalue weighted by Gasteiger charge is 2.41. The lowest BCUT2D eigenvalue weighted by Crippen LogP contribution is -2.51. The van der Waals surface area contributed by atoms with Crippen LogP contribution in [0.25, 0.3) is 0 Å². The van der Waals surface area contributed by atoms with E-state index in [1.807, 2.05) is 17.0 Å². The number of rotatable bonds is 16. The number of carbonyl (C=O) groups excluding carboxylic acids is 5. The first-order valence-electron chi connectivity index (χ1n) is 19.3. The van der Waals surface area contributed by atoms with Crippen molar-refractivity contribution in [3.63, 3.8) is 0 Å². The van der Waals surface area contributed by atoms with Crippen LogP contribution >= 0.6 is 0 Å². The fourth-order valence-corrected chi connectivity index (χ4v) is 8.30. The van der Waals surface area contributed by atoms with Crippen LogP contribution in [0, 0.1) is 5.41 Å². The molecule has 3 aromatic carbocycles. The van der Waals surface area contributed by atoms with Crippen molar-refractivity contribution in [2.24, 2.45) is 21.9 Å². The summed E-state index contributed by atoms with van der Waals surface area (Å²) in [5.41, 5.74) is 13.6. The molecule has 6 rings (SSSR count). The standard InChI is InChI=1S/C42H52N8O5/c43-41(44)46-21-11-18-34(38(53)45-22-23-50-39(54)32-16-7-8-17-33(32)40(50)55)47-35(51)28-42(19-9-10-20-42)29-36(52)48-24-26-49(27-25-48)37(30-12-3-1-4-13-30)31-14-5-2-6-15-31/h1-8,12-17,34,37H,9-11,18-29H2,(H,45,53)(H,47,51)(H4,43,44,46). The molecule has 3 aromatic rings. The Morgan fingerprint density at radius 2 is 1.33 bits per heavy atom. The first-order valence-corrected chi connectivity index (χ1v) is 19.3. The van der Waals surface area contributed by atoms with Crippen LogP contribution in [0.1, 0.15) is 89.3 Å². The molecule has 1 aliphatic carbocycles. The van der Waals surface area contributed by atoms with Gasteiger partial charge in [0.25, 0.3) is 11.8 Å². The van der Waals surface area contributed by atoms with Gasteiger partial charge in [-0.3, -0.25) is 38.8 Å². The molecule has 0 radical (unpaired) electrons. The molecule has 1 atom stereocenters. The number of amides is 5. The number of nitrogens with two attached hydrogens (primary N) is 2. The summed E-state index contributed by atoms with van der Waals surface area (Å²) in [4.78, 5) is 76.1. The molecule has 2 aliphatic heterocycles. The van der Waals surface area contributed by atoms with Gasteiger partial charge in [-0.2, -0.15) is 0 Å². The quantitative estimate of drug-likeness (QED) is 0.0745. The molecule has 5 amide bonds. The van der Waals surface area contributed by atoms with Crippen molar-refractivity contribution in [1.29, 1.82) is 0 Å². The number of benzene rings is 3. The van der Waals surface area contributed by atoms with Gasteiger partial charge in [0.05, 0.1) is 17.2 Å². The highest BCUT2D eigenvalue weighted by atomic mass is 16.2. The summed E-state index contributed by atoms with van der Waals surface area (Å²) in [5.74, 6) is -1.54. The van der Waals surface area contributed by atoms with Gasteiger partial charge in [-0.1, -0.05) is 85.6 Å². The molecule has 3 aliphatic rings. The predicted molar refractivity (Wildman–Crippen MR) is 210 cm³/mol. The van der Waals surface area contributed by atoms with Gasteiger partial charge in [0.1, 0.15) is 6.04 Å². The maximum atomic E-state index is 13.9. The Morgan fingerprint density at radius 3 is 1.89 bits per heavy atom. The van der Waals surface area contributed by atoms with E-state index in [-0.39, 0.29) is 62.7 Å². The van der Waals surface area contributed by atoms with E-state index in [1.54, 1.807) is 24.3 Å². The van der Waals surface area contributed by atoms with Gasteiger partial charge in [0.15, 0.2) is 5.96 Å². The van der Waals surface area contributed by atoms with Crippen LogP contribution in [-0.2, 0) is 14.4 Å². The van der Waals surface area contributed by atoms with E-state index in [2.05, 4.69) is 69.1 Å². The third-order valence-electron chi connectivity index (χ3n) is 11.1. The van der Waals surface area contributed by atoms with E-state index >= 15 is 0 Å². The Morgan fingerprint density at radius 1 is 0.764 bits per heavy atom. The average molecular weight is 749 g/mol. The maximum Gasteiger partial charge on any atom is 0.261 e. The Labute approximate surface area is 322 Å². The number of aliphatic imine (C=N–C) groups is 1. The zero-order chi connectivity index (χ0) is 38.8. The monoisotopic (exact) mass is 748 g/mol. The van der Waals surface area contributed by atoms with Crippen LogP contribution in [0.4, 0.5) is 0 Å². The number of fused-ring (bicyclic) bond motifs is 1. The van der Waals surface area contributed by atoms with Crippen molar-refractivity contribution in [1.82, 2.24) is 25.3 Å². The molecule has 290 valence electrons. The summed E-state index contributed by atoms with van der Waals surface area (Å²) in [6.45, 7) is 2.97. The lowest BCUT2D eigenvalue weighted by atomic mass is 9.78. The number of nitrogens with one attached hydrogen (secondary N) is 2. The molecule has 1 unspecified atom stereocenters. The second kappa shape index (κ2) is 18.2. The number of guanidine groups is 1. The van der Waals surface area contributed by atoms with Crippen LogP contribution in [0.2, 0.25) is 0 Å². The SMILES string of the molecule is NC(N)=NCCCC(NC(=O)CC1(CC(=O)N2CCN(C(c3ccccc3)c3ccccc3)CC2)CCCC1)C(=O)NCCN1C(=O)c2ccccc2C1=O. The molecule has 6 N–H and O–H groups in total. The Hall–Kier alpha value is -5.56. The molecule has 1 saturated heterocycles. The van der Waals surface area contributed by atoms with Crippen LogP contribution in [-0.4, -0.2) is 102 Å². The van der Waals surface area contributed by atoms with E-state index in [0.717, 1.165) is 43.7 Å². The first kappa shape index (κ1) is 39.1. The fourth-order valence-electron chi connectivity index (χ4n) is 8.30. The third kappa shape index (κ3) is 9.76. The van der Waals surface area contributed by atoms with Gasteiger partial charge in [-0.25, -0.2) is 0 Å². The van der Waals surface area contributed by atoms with Gasteiger partial charge in [-0.15, -0.1) is 0 Å². The summed E-state index contributed by atoms with van der Waals surface area (Å²) < 4.78 is 0. The normalized spacial score (nSPS) is 17.2. The van der Waals surface area contributed by atoms with Gasteiger partial charge >= 0.3 is 0 Å². The molecule has 2 heterocycles. The van der Waals surface area contributed by atoms with Crippen LogP contribution < -0.4 is 22.1 Å². The van der Waals surface area contributed by atoms with Crippen molar-refractivity contribution in [2.75, 3.05) is 45.8 Å². The van der Waals surface area contributed by atoms with Gasteiger partial charge in [0, 0.05) is 58.7 Å². The molecule has 55 heavy (non-hydrogen) atoms. The van der Waals surface area contributed by atoms with Gasteiger partial charge in [-0.05, 0) is 54.4 Å². The summed E-state index contributed by atoms with van der Waals surface area (Å²) in [5, 5.41) is 5.72. The highest BCUT2D eigenvalue weighted by molar-refractivity contribution is 6.21. The summed E-state index contributed by atoms with van der Waals surface area (Å²) in [6, 6.07) is 26.7. The van der Waals surface area contributed by atoms with Crippen LogP contribution in [0.5, 0.6) is 0 Å². The number of hydrogen-bond donors (Lipinski definition) is 4. The summed E-state index contributed by atoms with van der Waals surface area (Å²) in [7, 11) is 0. The number of piperazine rings is 1. The van der Waals surface area contributed by atoms with Gasteiger partial charge in [0.2, 0.25) is 17.7 Å². The van der Waals surface area contributed by atoms with E-state index in [4.69, 9.17) is 11.5 Å². The minimum Gasteiger partial charge on any atom is -0.370 e. The van der Waals surface area contributed by atoms with E-state index < -0.39 is 29.2 Å². The zero-order valence-corrected chi connectivity index (χ0v) is 31.3. The average Bonchev–Trinajstić information content (AvgIpc) is 3.74. The number of nitrogens with zero attached hydrogens (tertiary/aromatic N) is 4. The largest absolute Gasteiger partial charge is 0.370 e. The minimum absolute atomic E-state index is 0.00853. The van der Waals surface area contributed by atoms with Crippen molar-refractivity contribution in [2.45, 2.75) is 63.5 Å². The fraction of sp³-hybridized carbons (Fsp3) is 0.429. The molecule has 13 heteroatoms. The van der Waals surface area contributed by atoms with Crippen molar-refractivity contribution in [3.8, 4) is 0 Å². The summed E-state index contributed by atoms with van der Waals surface area (Å²) in [6.07, 6.45) is 4.51. The second-order valence-electron chi connectivity index (χ2n) is 14.9. The van der Waals surface area contributed by atoms with E-state index in [0.29, 0.717) is 30.6 Å². The second-order valence-corrected chi connectivity index (χ2v) is 14.9. The maximum absolute atomic E-state index is 13.9. The molecule has 0 spiro atoms. The first-order chi connectivity index (χ1) is 26.6. The lowest BCUT2D eigenvalue weighted by Gasteiger charge is -2.41.